The number of carbonyl (C=O) groups is 1. The van der Waals surface area contributed by atoms with Gasteiger partial charge in [-0.3, -0.25) is 9.52 Å². The molecule has 94 valence electrons. The van der Waals surface area contributed by atoms with Gasteiger partial charge >= 0.3 is 0 Å². The number of benzene rings is 1. The number of halogens is 1. The third-order valence-electron chi connectivity index (χ3n) is 2.10. The van der Waals surface area contributed by atoms with Crippen molar-refractivity contribution in [3.05, 3.63) is 28.8 Å². The smallest absolute Gasteiger partial charge is 0.251 e. The summed E-state index contributed by atoms with van der Waals surface area (Å²) in [6, 6.07) is 4.37. The Kier molecular flexibility index (Phi) is 4.36. The first-order valence-electron chi connectivity index (χ1n) is 4.91. The summed E-state index contributed by atoms with van der Waals surface area (Å²) in [6.07, 6.45) is 0. The normalized spacial score (nSPS) is 11.0. The van der Waals surface area contributed by atoms with Gasteiger partial charge in [0.05, 0.1) is 16.5 Å². The largest absolute Gasteiger partial charge is 0.355 e. The number of sulfonamides is 1. The van der Waals surface area contributed by atoms with Gasteiger partial charge in [-0.25, -0.2) is 8.42 Å². The van der Waals surface area contributed by atoms with E-state index in [2.05, 4.69) is 10.0 Å². The average molecular weight is 277 g/mol. The summed E-state index contributed by atoms with van der Waals surface area (Å²) < 4.78 is 25.0. The second kappa shape index (κ2) is 5.37. The van der Waals surface area contributed by atoms with Gasteiger partial charge < -0.3 is 5.32 Å². The zero-order valence-corrected chi connectivity index (χ0v) is 11.0. The third kappa shape index (κ3) is 3.61. The lowest BCUT2D eigenvalue weighted by atomic mass is 10.2. The molecule has 0 aliphatic rings. The van der Waals surface area contributed by atoms with E-state index >= 15 is 0 Å². The van der Waals surface area contributed by atoms with Crippen molar-refractivity contribution in [2.24, 2.45) is 0 Å². The molecule has 0 atom stereocenters. The molecule has 0 aliphatic carbocycles. The summed E-state index contributed by atoms with van der Waals surface area (Å²) >= 11 is 5.89. The van der Waals surface area contributed by atoms with E-state index < -0.39 is 10.0 Å². The Balaban J connectivity index is 3.03. The van der Waals surface area contributed by atoms with Crippen LogP contribution in [0.4, 0.5) is 5.69 Å². The van der Waals surface area contributed by atoms with E-state index in [0.29, 0.717) is 5.56 Å². The highest BCUT2D eigenvalue weighted by molar-refractivity contribution is 7.92. The summed E-state index contributed by atoms with van der Waals surface area (Å²) in [5.41, 5.74) is 0.637. The van der Waals surface area contributed by atoms with Crippen LogP contribution in [0.5, 0.6) is 0 Å². The maximum Gasteiger partial charge on any atom is 0.251 e. The van der Waals surface area contributed by atoms with E-state index in [1.165, 1.54) is 32.2 Å². The molecule has 0 saturated carbocycles. The fourth-order valence-electron chi connectivity index (χ4n) is 1.12. The second-order valence-corrected chi connectivity index (χ2v) is 5.70. The molecule has 0 spiro atoms. The SMILES string of the molecule is CCS(=O)(=O)Nc1ccc(C(=O)NC)cc1Cl. The van der Waals surface area contributed by atoms with Crippen molar-refractivity contribution in [3.63, 3.8) is 0 Å². The van der Waals surface area contributed by atoms with Crippen LogP contribution in [0.1, 0.15) is 17.3 Å². The third-order valence-corrected chi connectivity index (χ3v) is 3.71. The first kappa shape index (κ1) is 13.8. The monoisotopic (exact) mass is 276 g/mol. The quantitative estimate of drug-likeness (QED) is 0.874. The van der Waals surface area contributed by atoms with Gasteiger partial charge in [0, 0.05) is 12.6 Å². The first-order chi connectivity index (χ1) is 7.89. The standard InChI is InChI=1S/C10H13ClN2O3S/c1-3-17(15,16)13-9-5-4-7(6-8(9)11)10(14)12-2/h4-6,13H,3H2,1-2H3,(H,12,14). The lowest BCUT2D eigenvalue weighted by Gasteiger charge is -2.09. The minimum atomic E-state index is -3.37. The van der Waals surface area contributed by atoms with E-state index in [-0.39, 0.29) is 22.4 Å². The highest BCUT2D eigenvalue weighted by Gasteiger charge is 2.11. The van der Waals surface area contributed by atoms with Crippen molar-refractivity contribution in [1.29, 1.82) is 0 Å². The van der Waals surface area contributed by atoms with Crippen molar-refractivity contribution in [1.82, 2.24) is 5.32 Å². The predicted molar refractivity (Wildman–Crippen MR) is 67.9 cm³/mol. The van der Waals surface area contributed by atoms with Crippen molar-refractivity contribution >= 4 is 33.2 Å². The lowest BCUT2D eigenvalue weighted by molar-refractivity contribution is 0.0963. The van der Waals surface area contributed by atoms with Gasteiger partial charge in [0.15, 0.2) is 0 Å². The number of hydrogen-bond acceptors (Lipinski definition) is 3. The number of amides is 1. The minimum Gasteiger partial charge on any atom is -0.355 e. The van der Waals surface area contributed by atoms with Crippen LogP contribution < -0.4 is 10.0 Å². The molecule has 0 aromatic heterocycles. The Morgan fingerprint density at radius 1 is 1.41 bits per heavy atom. The predicted octanol–water partition coefficient (Wildman–Crippen LogP) is 1.46. The number of hydrogen-bond donors (Lipinski definition) is 2. The Morgan fingerprint density at radius 3 is 2.53 bits per heavy atom. The second-order valence-electron chi connectivity index (χ2n) is 3.28. The zero-order valence-electron chi connectivity index (χ0n) is 9.45. The average Bonchev–Trinajstić information content (AvgIpc) is 2.30. The summed E-state index contributed by atoms with van der Waals surface area (Å²) in [6.45, 7) is 1.52. The summed E-state index contributed by atoms with van der Waals surface area (Å²) in [7, 11) is -1.86. The maximum atomic E-state index is 11.3. The molecule has 2 N–H and O–H groups in total. The summed E-state index contributed by atoms with van der Waals surface area (Å²) in [4.78, 5) is 11.3. The molecular weight excluding hydrogens is 264 g/mol. The van der Waals surface area contributed by atoms with Crippen molar-refractivity contribution in [2.75, 3.05) is 17.5 Å². The molecule has 1 rings (SSSR count). The molecule has 5 nitrogen and oxygen atoms in total. The van der Waals surface area contributed by atoms with E-state index in [1.54, 1.807) is 0 Å². The molecule has 0 aliphatic heterocycles. The van der Waals surface area contributed by atoms with E-state index in [1.807, 2.05) is 0 Å². The number of nitrogens with one attached hydrogen (secondary N) is 2. The van der Waals surface area contributed by atoms with Crippen LogP contribution in [-0.4, -0.2) is 27.1 Å². The van der Waals surface area contributed by atoms with E-state index in [9.17, 15) is 13.2 Å². The van der Waals surface area contributed by atoms with Gasteiger partial charge in [0.1, 0.15) is 0 Å². The first-order valence-corrected chi connectivity index (χ1v) is 6.94. The van der Waals surface area contributed by atoms with Crippen molar-refractivity contribution in [2.45, 2.75) is 6.92 Å². The Bertz CT molecular complexity index is 528. The molecule has 1 aromatic carbocycles. The highest BCUT2D eigenvalue weighted by Crippen LogP contribution is 2.24. The fraction of sp³-hybridized carbons (Fsp3) is 0.300. The van der Waals surface area contributed by atoms with E-state index in [4.69, 9.17) is 11.6 Å². The molecule has 0 bridgehead atoms. The highest BCUT2D eigenvalue weighted by atomic mass is 35.5. The van der Waals surface area contributed by atoms with Crippen molar-refractivity contribution < 1.29 is 13.2 Å². The lowest BCUT2D eigenvalue weighted by Crippen LogP contribution is -2.18. The van der Waals surface area contributed by atoms with Gasteiger partial charge in [0.25, 0.3) is 5.91 Å². The van der Waals surface area contributed by atoms with Gasteiger partial charge in [-0.05, 0) is 25.1 Å². The van der Waals surface area contributed by atoms with Gasteiger partial charge in [-0.2, -0.15) is 0 Å². The maximum absolute atomic E-state index is 11.3. The fourth-order valence-corrected chi connectivity index (χ4v) is 2.06. The minimum absolute atomic E-state index is 0.0411. The molecule has 1 aromatic rings. The van der Waals surface area contributed by atoms with Gasteiger partial charge in [0.2, 0.25) is 10.0 Å². The number of anilines is 1. The topological polar surface area (TPSA) is 75.3 Å². The van der Waals surface area contributed by atoms with Crippen LogP contribution in [0.25, 0.3) is 0 Å². The molecule has 0 radical (unpaired) electrons. The van der Waals surface area contributed by atoms with Crippen LogP contribution in [0, 0.1) is 0 Å². The van der Waals surface area contributed by atoms with Crippen LogP contribution in [0.3, 0.4) is 0 Å². The molecule has 0 unspecified atom stereocenters. The Labute approximate surface area is 105 Å². The van der Waals surface area contributed by atoms with Crippen LogP contribution in [-0.2, 0) is 10.0 Å². The number of rotatable bonds is 4. The van der Waals surface area contributed by atoms with Crippen molar-refractivity contribution in [3.8, 4) is 0 Å². The zero-order chi connectivity index (χ0) is 13.1. The summed E-state index contributed by atoms with van der Waals surface area (Å²) in [5, 5.41) is 2.63. The molecule has 7 heteroatoms. The molecule has 17 heavy (non-hydrogen) atoms. The van der Waals surface area contributed by atoms with Gasteiger partial charge in [-0.15, -0.1) is 0 Å². The Hall–Kier alpha value is -1.27. The summed E-state index contributed by atoms with van der Waals surface area (Å²) in [5.74, 6) is -0.322. The molecule has 0 fully saturated rings. The molecule has 0 heterocycles. The molecule has 1 amide bonds. The number of carbonyl (C=O) groups excluding carboxylic acids is 1. The molecule has 0 saturated heterocycles. The van der Waals surface area contributed by atoms with E-state index in [0.717, 1.165) is 0 Å². The van der Waals surface area contributed by atoms with Gasteiger partial charge in [-0.1, -0.05) is 11.6 Å². The van der Waals surface area contributed by atoms with Crippen LogP contribution in [0.15, 0.2) is 18.2 Å². The van der Waals surface area contributed by atoms with Crippen LogP contribution in [0.2, 0.25) is 5.02 Å². The van der Waals surface area contributed by atoms with Crippen LogP contribution >= 0.6 is 11.6 Å². The Morgan fingerprint density at radius 2 is 2.06 bits per heavy atom. The molecular formula is C10H13ClN2O3S.